The van der Waals surface area contributed by atoms with E-state index in [0.717, 1.165) is 30.5 Å². The molecule has 2 atom stereocenters. The molecule has 1 aromatic heterocycles. The minimum absolute atomic E-state index is 0.351. The van der Waals surface area contributed by atoms with E-state index in [-0.39, 0.29) is 0 Å². The number of hydrogen-bond acceptors (Lipinski definition) is 3. The predicted octanol–water partition coefficient (Wildman–Crippen LogP) is 3.54. The minimum atomic E-state index is 0.351. The highest BCUT2D eigenvalue weighted by atomic mass is 16.5. The maximum absolute atomic E-state index is 6.03. The monoisotopic (exact) mass is 262 g/mol. The molecule has 1 N–H and O–H groups in total. The Labute approximate surface area is 116 Å². The lowest BCUT2D eigenvalue weighted by Gasteiger charge is -2.27. The zero-order valence-corrected chi connectivity index (χ0v) is 12.4. The van der Waals surface area contributed by atoms with Crippen molar-refractivity contribution in [2.24, 2.45) is 5.92 Å². The van der Waals surface area contributed by atoms with Crippen LogP contribution in [0.25, 0.3) is 0 Å². The van der Waals surface area contributed by atoms with E-state index < -0.39 is 0 Å². The highest BCUT2D eigenvalue weighted by molar-refractivity contribution is 5.16. The average molecular weight is 262 g/mol. The zero-order valence-electron chi connectivity index (χ0n) is 12.4. The molecule has 0 bridgehead atoms. The highest BCUT2D eigenvalue weighted by Gasteiger charge is 2.20. The Kier molecular flexibility index (Phi) is 5.20. The fourth-order valence-corrected chi connectivity index (χ4v) is 2.59. The lowest BCUT2D eigenvalue weighted by atomic mass is 9.89. The molecule has 1 aliphatic carbocycles. The lowest BCUT2D eigenvalue weighted by Crippen LogP contribution is -2.25. The Bertz CT molecular complexity index is 392. The van der Waals surface area contributed by atoms with E-state index in [1.165, 1.54) is 19.3 Å². The van der Waals surface area contributed by atoms with E-state index in [9.17, 15) is 0 Å². The summed E-state index contributed by atoms with van der Waals surface area (Å²) in [4.78, 5) is 4.58. The highest BCUT2D eigenvalue weighted by Crippen LogP contribution is 2.26. The van der Waals surface area contributed by atoms with Gasteiger partial charge in [0, 0.05) is 18.7 Å². The number of hydrogen-bond donors (Lipinski definition) is 1. The number of pyridine rings is 1. The molecule has 3 nitrogen and oxygen atoms in total. The van der Waals surface area contributed by atoms with Gasteiger partial charge in [0.1, 0.15) is 6.10 Å². The maximum Gasteiger partial charge on any atom is 0.213 e. The van der Waals surface area contributed by atoms with Crippen LogP contribution in [0.15, 0.2) is 18.2 Å². The predicted molar refractivity (Wildman–Crippen MR) is 78.3 cm³/mol. The third kappa shape index (κ3) is 4.83. The minimum Gasteiger partial charge on any atom is -0.474 e. The second kappa shape index (κ2) is 6.90. The molecule has 0 aliphatic heterocycles. The van der Waals surface area contributed by atoms with Crippen molar-refractivity contribution in [2.45, 2.75) is 65.1 Å². The number of nitrogens with zero attached hydrogens (tertiary/aromatic N) is 1. The van der Waals surface area contributed by atoms with Crippen LogP contribution < -0.4 is 10.1 Å². The molecule has 0 amide bonds. The lowest BCUT2D eigenvalue weighted by molar-refractivity contribution is 0.123. The topological polar surface area (TPSA) is 34.1 Å². The molecule has 3 heteroatoms. The van der Waals surface area contributed by atoms with E-state index in [0.29, 0.717) is 12.1 Å². The SMILES string of the molecule is CC1CCCC(Oc2cccc(CNC(C)C)n2)C1. The summed E-state index contributed by atoms with van der Waals surface area (Å²) >= 11 is 0. The molecule has 106 valence electrons. The van der Waals surface area contributed by atoms with Crippen LogP contribution in [0.5, 0.6) is 5.88 Å². The molecular formula is C16H26N2O. The zero-order chi connectivity index (χ0) is 13.7. The first-order valence-electron chi connectivity index (χ1n) is 7.49. The number of nitrogens with one attached hydrogen (secondary N) is 1. The van der Waals surface area contributed by atoms with Gasteiger partial charge in [-0.25, -0.2) is 4.98 Å². The Morgan fingerprint density at radius 1 is 1.37 bits per heavy atom. The molecule has 2 rings (SSSR count). The van der Waals surface area contributed by atoms with E-state index >= 15 is 0 Å². The quantitative estimate of drug-likeness (QED) is 0.881. The van der Waals surface area contributed by atoms with Crippen LogP contribution in [-0.2, 0) is 6.54 Å². The van der Waals surface area contributed by atoms with Crippen LogP contribution in [0.1, 0.15) is 52.1 Å². The molecule has 19 heavy (non-hydrogen) atoms. The van der Waals surface area contributed by atoms with Crippen molar-refractivity contribution in [3.63, 3.8) is 0 Å². The summed E-state index contributed by atoms with van der Waals surface area (Å²) in [6, 6.07) is 6.53. The molecular weight excluding hydrogens is 236 g/mol. The molecule has 1 aliphatic rings. The molecule has 1 fully saturated rings. The van der Waals surface area contributed by atoms with Crippen molar-refractivity contribution in [1.82, 2.24) is 10.3 Å². The second-order valence-corrected chi connectivity index (χ2v) is 6.01. The maximum atomic E-state index is 6.03. The molecule has 0 spiro atoms. The van der Waals surface area contributed by atoms with Crippen molar-refractivity contribution >= 4 is 0 Å². The summed E-state index contributed by atoms with van der Waals surface area (Å²) in [5.41, 5.74) is 1.05. The second-order valence-electron chi connectivity index (χ2n) is 6.01. The van der Waals surface area contributed by atoms with E-state index in [1.807, 2.05) is 18.2 Å². The van der Waals surface area contributed by atoms with Crippen molar-refractivity contribution in [3.05, 3.63) is 23.9 Å². The van der Waals surface area contributed by atoms with Gasteiger partial charge in [-0.1, -0.05) is 33.3 Å². The smallest absolute Gasteiger partial charge is 0.213 e. The summed E-state index contributed by atoms with van der Waals surface area (Å²) in [7, 11) is 0. The van der Waals surface area contributed by atoms with Gasteiger partial charge in [-0.2, -0.15) is 0 Å². The molecule has 0 aromatic carbocycles. The van der Waals surface area contributed by atoms with Gasteiger partial charge in [0.25, 0.3) is 0 Å². The summed E-state index contributed by atoms with van der Waals surface area (Å²) in [5, 5.41) is 3.38. The van der Waals surface area contributed by atoms with Crippen LogP contribution in [-0.4, -0.2) is 17.1 Å². The Morgan fingerprint density at radius 3 is 2.95 bits per heavy atom. The van der Waals surface area contributed by atoms with Gasteiger partial charge >= 0.3 is 0 Å². The summed E-state index contributed by atoms with van der Waals surface area (Å²) in [6.07, 6.45) is 5.30. The average Bonchev–Trinajstić information content (AvgIpc) is 2.37. The fourth-order valence-electron chi connectivity index (χ4n) is 2.59. The molecule has 0 radical (unpaired) electrons. The summed E-state index contributed by atoms with van der Waals surface area (Å²) in [6.45, 7) is 7.40. The number of aromatic nitrogens is 1. The first kappa shape index (κ1) is 14.3. The molecule has 1 aromatic rings. The normalized spacial score (nSPS) is 23.6. The van der Waals surface area contributed by atoms with Gasteiger partial charge in [-0.3, -0.25) is 0 Å². The van der Waals surface area contributed by atoms with Crippen LogP contribution >= 0.6 is 0 Å². The molecule has 0 saturated heterocycles. The van der Waals surface area contributed by atoms with Gasteiger partial charge in [0.15, 0.2) is 0 Å². The van der Waals surface area contributed by atoms with Crippen molar-refractivity contribution < 1.29 is 4.74 Å². The van der Waals surface area contributed by atoms with Crippen LogP contribution in [0.3, 0.4) is 0 Å². The van der Waals surface area contributed by atoms with E-state index in [4.69, 9.17) is 4.74 Å². The molecule has 2 unspecified atom stereocenters. The van der Waals surface area contributed by atoms with Crippen LogP contribution in [0.2, 0.25) is 0 Å². The summed E-state index contributed by atoms with van der Waals surface area (Å²) < 4.78 is 6.03. The van der Waals surface area contributed by atoms with Gasteiger partial charge in [0.05, 0.1) is 5.69 Å². The Hall–Kier alpha value is -1.09. The van der Waals surface area contributed by atoms with Crippen LogP contribution in [0.4, 0.5) is 0 Å². The first-order valence-corrected chi connectivity index (χ1v) is 7.49. The molecule has 1 heterocycles. The van der Waals surface area contributed by atoms with E-state index in [2.05, 4.69) is 31.1 Å². The van der Waals surface area contributed by atoms with Gasteiger partial charge in [-0.15, -0.1) is 0 Å². The Balaban J connectivity index is 1.90. The Morgan fingerprint density at radius 2 is 2.21 bits per heavy atom. The van der Waals surface area contributed by atoms with Crippen molar-refractivity contribution in [3.8, 4) is 5.88 Å². The van der Waals surface area contributed by atoms with Crippen molar-refractivity contribution in [1.29, 1.82) is 0 Å². The third-order valence-corrected chi connectivity index (χ3v) is 3.65. The molecule has 1 saturated carbocycles. The number of rotatable bonds is 5. The van der Waals surface area contributed by atoms with Gasteiger partial charge in [-0.05, 0) is 31.2 Å². The van der Waals surface area contributed by atoms with Gasteiger partial charge in [0.2, 0.25) is 5.88 Å². The standard InChI is InChI=1S/C16H26N2O/c1-12(2)17-11-14-7-5-9-16(18-14)19-15-8-4-6-13(3)10-15/h5,7,9,12-13,15,17H,4,6,8,10-11H2,1-3H3. The van der Waals surface area contributed by atoms with Crippen LogP contribution in [0, 0.1) is 5.92 Å². The first-order chi connectivity index (χ1) is 9.13. The number of ether oxygens (including phenoxy) is 1. The van der Waals surface area contributed by atoms with Gasteiger partial charge < -0.3 is 10.1 Å². The fraction of sp³-hybridized carbons (Fsp3) is 0.688. The van der Waals surface area contributed by atoms with E-state index in [1.54, 1.807) is 0 Å². The van der Waals surface area contributed by atoms with Crippen molar-refractivity contribution in [2.75, 3.05) is 0 Å². The summed E-state index contributed by atoms with van der Waals surface area (Å²) in [5.74, 6) is 1.56. The largest absolute Gasteiger partial charge is 0.474 e. The third-order valence-electron chi connectivity index (χ3n) is 3.65.